The zero-order valence-electron chi connectivity index (χ0n) is 9.79. The van der Waals surface area contributed by atoms with Gasteiger partial charge in [-0.25, -0.2) is 9.98 Å². The van der Waals surface area contributed by atoms with Crippen molar-refractivity contribution < 1.29 is 9.84 Å². The Kier molecular flexibility index (Phi) is 3.20. The Morgan fingerprint density at radius 2 is 2.28 bits per heavy atom. The number of hydrogen-bond acceptors (Lipinski definition) is 5. The number of ether oxygens (including phenoxy) is 1. The fourth-order valence-electron chi connectivity index (χ4n) is 2.02. The number of rotatable bonds is 3. The number of amidine groups is 1. The highest BCUT2D eigenvalue weighted by atomic mass is 35.5. The Morgan fingerprint density at radius 1 is 1.44 bits per heavy atom. The maximum absolute atomic E-state index is 9.29. The van der Waals surface area contributed by atoms with Crippen LogP contribution in [0.4, 0.5) is 0 Å². The summed E-state index contributed by atoms with van der Waals surface area (Å²) < 4.78 is 5.05. The fourth-order valence-corrected chi connectivity index (χ4v) is 2.13. The largest absolute Gasteiger partial charge is 0.351 e. The molecule has 96 valence electrons. The number of aliphatic hydroxyl groups is 1. The summed E-state index contributed by atoms with van der Waals surface area (Å²) in [5, 5.41) is 9.78. The van der Waals surface area contributed by atoms with Crippen molar-refractivity contribution in [1.29, 1.82) is 0 Å². The van der Waals surface area contributed by atoms with E-state index in [4.69, 9.17) is 16.3 Å². The van der Waals surface area contributed by atoms with Crippen molar-refractivity contribution in [3.05, 3.63) is 29.0 Å². The predicted octanol–water partition coefficient (Wildman–Crippen LogP) is 1.40. The molecule has 1 aliphatic carbocycles. The van der Waals surface area contributed by atoms with Gasteiger partial charge in [0, 0.05) is 18.8 Å². The summed E-state index contributed by atoms with van der Waals surface area (Å²) in [6.07, 6.45) is 3.08. The number of aliphatic hydroxyl groups excluding tert-OH is 1. The van der Waals surface area contributed by atoms with Gasteiger partial charge in [-0.1, -0.05) is 17.7 Å². The quantitative estimate of drug-likeness (QED) is 0.841. The molecule has 0 spiro atoms. The minimum Gasteiger partial charge on any atom is -0.351 e. The summed E-state index contributed by atoms with van der Waals surface area (Å²) in [6.45, 7) is 1.10. The molecule has 1 fully saturated rings. The molecule has 2 heterocycles. The molecule has 1 aromatic heterocycles. The van der Waals surface area contributed by atoms with Crippen LogP contribution < -0.4 is 0 Å². The Morgan fingerprint density at radius 3 is 2.83 bits per heavy atom. The molecule has 0 radical (unpaired) electrons. The minimum atomic E-state index is -1.01. The summed E-state index contributed by atoms with van der Waals surface area (Å²) in [6, 6.07) is 4.25. The van der Waals surface area contributed by atoms with Gasteiger partial charge in [0.1, 0.15) is 17.6 Å². The van der Waals surface area contributed by atoms with Gasteiger partial charge in [0.05, 0.1) is 0 Å². The van der Waals surface area contributed by atoms with Crippen molar-refractivity contribution in [2.75, 3.05) is 6.61 Å². The molecule has 18 heavy (non-hydrogen) atoms. The van der Waals surface area contributed by atoms with Gasteiger partial charge in [-0.05, 0) is 24.5 Å². The predicted molar refractivity (Wildman–Crippen MR) is 67.2 cm³/mol. The third-order valence-electron chi connectivity index (χ3n) is 3.08. The second-order valence-electron chi connectivity index (χ2n) is 4.53. The first kappa shape index (κ1) is 11.9. The van der Waals surface area contributed by atoms with Gasteiger partial charge in [0.25, 0.3) is 6.41 Å². The number of pyridine rings is 1. The van der Waals surface area contributed by atoms with Gasteiger partial charge in [0.2, 0.25) is 0 Å². The molecular formula is C12H14ClN3O2. The van der Waals surface area contributed by atoms with Crippen LogP contribution >= 0.6 is 11.6 Å². The summed E-state index contributed by atoms with van der Waals surface area (Å²) in [5.74, 6) is 0.819. The Bertz CT molecular complexity index is 459. The lowest BCUT2D eigenvalue weighted by Crippen LogP contribution is -2.33. The van der Waals surface area contributed by atoms with Crippen molar-refractivity contribution in [3.8, 4) is 0 Å². The summed E-state index contributed by atoms with van der Waals surface area (Å²) in [5.41, 5.74) is 1.08. The van der Waals surface area contributed by atoms with E-state index in [2.05, 4.69) is 14.9 Å². The number of hydrogen-bond donors (Lipinski definition) is 1. The highest BCUT2D eigenvalue weighted by molar-refractivity contribution is 6.29. The number of halogens is 1. The van der Waals surface area contributed by atoms with Gasteiger partial charge >= 0.3 is 0 Å². The van der Waals surface area contributed by atoms with Crippen LogP contribution in [0.1, 0.15) is 18.4 Å². The van der Waals surface area contributed by atoms with Crippen molar-refractivity contribution in [3.63, 3.8) is 0 Å². The van der Waals surface area contributed by atoms with Crippen LogP contribution in [0, 0.1) is 0 Å². The SMILES string of the molecule is OC1N=C(N(Cc2ccc(Cl)nc2)C2CC2)CO1. The van der Waals surface area contributed by atoms with Crippen molar-refractivity contribution in [1.82, 2.24) is 9.88 Å². The van der Waals surface area contributed by atoms with E-state index in [0.717, 1.165) is 30.8 Å². The van der Waals surface area contributed by atoms with Crippen molar-refractivity contribution >= 4 is 17.4 Å². The second-order valence-corrected chi connectivity index (χ2v) is 4.92. The molecule has 1 atom stereocenters. The molecule has 1 aliphatic heterocycles. The Labute approximate surface area is 110 Å². The van der Waals surface area contributed by atoms with E-state index in [1.54, 1.807) is 12.3 Å². The van der Waals surface area contributed by atoms with E-state index in [1.807, 2.05) is 6.07 Å². The van der Waals surface area contributed by atoms with E-state index < -0.39 is 6.41 Å². The van der Waals surface area contributed by atoms with Gasteiger partial charge < -0.3 is 14.7 Å². The standard InChI is InChI=1S/C12H14ClN3O2/c13-10-4-1-8(5-14-10)6-16(9-2-3-9)11-7-18-12(17)15-11/h1,4-5,9,12,17H,2-3,6-7H2. The lowest BCUT2D eigenvalue weighted by molar-refractivity contribution is -0.0630. The lowest BCUT2D eigenvalue weighted by atomic mass is 10.2. The van der Waals surface area contributed by atoms with E-state index >= 15 is 0 Å². The smallest absolute Gasteiger partial charge is 0.257 e. The van der Waals surface area contributed by atoms with Crippen LogP contribution in [-0.2, 0) is 11.3 Å². The number of aliphatic imine (C=N–C) groups is 1. The molecule has 0 bridgehead atoms. The van der Waals surface area contributed by atoms with Gasteiger partial charge in [-0.2, -0.15) is 0 Å². The molecule has 1 saturated carbocycles. The molecule has 1 N–H and O–H groups in total. The zero-order valence-corrected chi connectivity index (χ0v) is 10.5. The molecule has 0 aromatic carbocycles. The monoisotopic (exact) mass is 267 g/mol. The summed E-state index contributed by atoms with van der Waals surface area (Å²) in [4.78, 5) is 10.3. The molecule has 3 rings (SSSR count). The summed E-state index contributed by atoms with van der Waals surface area (Å²) >= 11 is 5.77. The first-order valence-corrected chi connectivity index (χ1v) is 6.33. The molecule has 5 nitrogen and oxygen atoms in total. The average molecular weight is 268 g/mol. The summed E-state index contributed by atoms with van der Waals surface area (Å²) in [7, 11) is 0. The normalized spacial score (nSPS) is 23.0. The molecule has 2 aliphatic rings. The Hall–Kier alpha value is -1.17. The first-order valence-electron chi connectivity index (χ1n) is 5.96. The molecule has 1 unspecified atom stereocenters. The van der Waals surface area contributed by atoms with Crippen LogP contribution in [0.5, 0.6) is 0 Å². The topological polar surface area (TPSA) is 58.0 Å². The van der Waals surface area contributed by atoms with Crippen LogP contribution in [0.2, 0.25) is 5.15 Å². The maximum atomic E-state index is 9.29. The second kappa shape index (κ2) is 4.84. The first-order chi connectivity index (χ1) is 8.72. The van der Waals surface area contributed by atoms with Crippen LogP contribution in [0.15, 0.2) is 23.3 Å². The van der Waals surface area contributed by atoms with E-state index in [9.17, 15) is 5.11 Å². The Balaban J connectivity index is 1.74. The van der Waals surface area contributed by atoms with Crippen LogP contribution in [0.3, 0.4) is 0 Å². The fraction of sp³-hybridized carbons (Fsp3) is 0.500. The average Bonchev–Trinajstić information content (AvgIpc) is 3.11. The zero-order chi connectivity index (χ0) is 12.5. The molecule has 6 heteroatoms. The highest BCUT2D eigenvalue weighted by Gasteiger charge is 2.33. The lowest BCUT2D eigenvalue weighted by Gasteiger charge is -2.23. The third kappa shape index (κ3) is 2.63. The van der Waals surface area contributed by atoms with E-state index in [1.165, 1.54) is 0 Å². The highest BCUT2D eigenvalue weighted by Crippen LogP contribution is 2.29. The maximum Gasteiger partial charge on any atom is 0.257 e. The van der Waals surface area contributed by atoms with Crippen molar-refractivity contribution in [2.24, 2.45) is 4.99 Å². The number of aromatic nitrogens is 1. The third-order valence-corrected chi connectivity index (χ3v) is 3.31. The van der Waals surface area contributed by atoms with E-state index in [0.29, 0.717) is 17.8 Å². The number of nitrogens with zero attached hydrogens (tertiary/aromatic N) is 3. The minimum absolute atomic E-state index is 0.374. The molecule has 0 saturated heterocycles. The molecular weight excluding hydrogens is 254 g/mol. The van der Waals surface area contributed by atoms with Gasteiger partial charge in [-0.15, -0.1) is 0 Å². The van der Waals surface area contributed by atoms with Crippen LogP contribution in [-0.4, -0.2) is 39.9 Å². The molecule has 0 amide bonds. The van der Waals surface area contributed by atoms with Crippen molar-refractivity contribution in [2.45, 2.75) is 31.8 Å². The van der Waals surface area contributed by atoms with E-state index in [-0.39, 0.29) is 0 Å². The van der Waals surface area contributed by atoms with Gasteiger partial charge in [-0.3, -0.25) is 0 Å². The van der Waals surface area contributed by atoms with Crippen LogP contribution in [0.25, 0.3) is 0 Å². The van der Waals surface area contributed by atoms with Gasteiger partial charge in [0.15, 0.2) is 0 Å². The molecule has 1 aromatic rings.